The van der Waals surface area contributed by atoms with E-state index in [0.717, 1.165) is 39.7 Å². The maximum Gasteiger partial charge on any atom is 0.135 e. The highest BCUT2D eigenvalue weighted by molar-refractivity contribution is 6.12. The Morgan fingerprint density at radius 2 is 0.810 bits per heavy atom. The van der Waals surface area contributed by atoms with Crippen LogP contribution < -0.4 is 0 Å². The minimum absolute atomic E-state index is 0.914. The van der Waals surface area contributed by atoms with E-state index in [4.69, 9.17) is 4.42 Å². The molecule has 0 fully saturated rings. The van der Waals surface area contributed by atoms with Gasteiger partial charge in [0.25, 0.3) is 0 Å². The summed E-state index contributed by atoms with van der Waals surface area (Å²) < 4.78 is 11.0. The highest BCUT2D eigenvalue weighted by Gasteiger charge is 2.20. The van der Waals surface area contributed by atoms with Crippen molar-refractivity contribution < 1.29 is 4.42 Å². The van der Waals surface area contributed by atoms with Crippen molar-refractivity contribution in [2.75, 3.05) is 0 Å². The molecule has 9 aromatic carbocycles. The van der Waals surface area contributed by atoms with Gasteiger partial charge < -0.3 is 13.6 Å². The first-order valence-corrected chi connectivity index (χ1v) is 20.0. The van der Waals surface area contributed by atoms with Crippen LogP contribution in [0.1, 0.15) is 11.1 Å². The van der Waals surface area contributed by atoms with E-state index in [1.54, 1.807) is 0 Å². The fourth-order valence-corrected chi connectivity index (χ4v) is 9.84. The Labute approximate surface area is 334 Å². The van der Waals surface area contributed by atoms with Crippen LogP contribution in [0.25, 0.3) is 110 Å². The van der Waals surface area contributed by atoms with Crippen molar-refractivity contribution in [1.82, 2.24) is 9.13 Å². The van der Waals surface area contributed by atoms with Crippen LogP contribution in [0.5, 0.6) is 0 Å². The van der Waals surface area contributed by atoms with Gasteiger partial charge in [-0.05, 0) is 130 Å². The van der Waals surface area contributed by atoms with E-state index in [1.807, 2.05) is 12.1 Å². The second-order valence-corrected chi connectivity index (χ2v) is 15.7. The smallest absolute Gasteiger partial charge is 0.135 e. The van der Waals surface area contributed by atoms with Crippen molar-refractivity contribution in [3.05, 3.63) is 205 Å². The SMILES string of the molecule is c1cc(-n2c3ccccc3c3cc(-c4ccc5c(c4)-c4ccccc4C5)ccc32)cc(-n2c3ccccc3c3cc(-c4ccc5oc6ccccc6c5c4)ccc32)c1. The van der Waals surface area contributed by atoms with Crippen LogP contribution in [-0.2, 0) is 6.42 Å². The summed E-state index contributed by atoms with van der Waals surface area (Å²) in [5.74, 6) is 0. The first-order valence-electron chi connectivity index (χ1n) is 20.0. The van der Waals surface area contributed by atoms with Gasteiger partial charge in [0.2, 0.25) is 0 Å². The number of hydrogen-bond donors (Lipinski definition) is 0. The molecule has 3 nitrogen and oxygen atoms in total. The molecule has 0 radical (unpaired) electrons. The van der Waals surface area contributed by atoms with Crippen molar-refractivity contribution in [3.63, 3.8) is 0 Å². The number of benzene rings is 9. The second kappa shape index (κ2) is 11.9. The van der Waals surface area contributed by atoms with Crippen molar-refractivity contribution >= 4 is 65.6 Å². The summed E-state index contributed by atoms with van der Waals surface area (Å²) in [6.45, 7) is 0. The molecular formula is C55H34N2O. The van der Waals surface area contributed by atoms with E-state index >= 15 is 0 Å². The van der Waals surface area contributed by atoms with Crippen molar-refractivity contribution in [3.8, 4) is 44.8 Å². The first kappa shape index (κ1) is 31.6. The predicted molar refractivity (Wildman–Crippen MR) is 242 cm³/mol. The molecule has 0 N–H and O–H groups in total. The predicted octanol–water partition coefficient (Wildman–Crippen LogP) is 14.7. The zero-order valence-electron chi connectivity index (χ0n) is 31.5. The van der Waals surface area contributed by atoms with Crippen LogP contribution in [0.15, 0.2) is 199 Å². The average Bonchev–Trinajstić information content (AvgIpc) is 4.03. The van der Waals surface area contributed by atoms with E-state index in [0.29, 0.717) is 0 Å². The number of rotatable bonds is 4. The Kier molecular flexibility index (Phi) is 6.50. The molecular weight excluding hydrogens is 705 g/mol. The molecule has 3 aromatic heterocycles. The molecule has 12 aromatic rings. The zero-order valence-corrected chi connectivity index (χ0v) is 31.5. The Bertz CT molecular complexity index is 3670. The molecule has 1 aliphatic rings. The van der Waals surface area contributed by atoms with Gasteiger partial charge in [0.05, 0.1) is 22.1 Å². The van der Waals surface area contributed by atoms with E-state index < -0.39 is 0 Å². The highest BCUT2D eigenvalue weighted by atomic mass is 16.3. The molecule has 270 valence electrons. The lowest BCUT2D eigenvalue weighted by molar-refractivity contribution is 0.669. The molecule has 1 aliphatic carbocycles. The lowest BCUT2D eigenvalue weighted by Crippen LogP contribution is -1.98. The highest BCUT2D eigenvalue weighted by Crippen LogP contribution is 2.42. The van der Waals surface area contributed by atoms with Crippen LogP contribution in [0.2, 0.25) is 0 Å². The topological polar surface area (TPSA) is 23.0 Å². The molecule has 0 saturated heterocycles. The Balaban J connectivity index is 0.942. The summed E-state index contributed by atoms with van der Waals surface area (Å²) >= 11 is 0. The molecule has 0 unspecified atom stereocenters. The van der Waals surface area contributed by atoms with Gasteiger partial charge in [-0.25, -0.2) is 0 Å². The third-order valence-corrected chi connectivity index (χ3v) is 12.5. The minimum Gasteiger partial charge on any atom is -0.456 e. The molecule has 0 aliphatic heterocycles. The number of aromatic nitrogens is 2. The van der Waals surface area contributed by atoms with Gasteiger partial charge in [0.1, 0.15) is 11.2 Å². The van der Waals surface area contributed by atoms with Crippen molar-refractivity contribution in [2.45, 2.75) is 6.42 Å². The largest absolute Gasteiger partial charge is 0.456 e. The lowest BCUT2D eigenvalue weighted by atomic mass is 9.97. The van der Waals surface area contributed by atoms with Gasteiger partial charge in [0.15, 0.2) is 0 Å². The monoisotopic (exact) mass is 738 g/mol. The maximum atomic E-state index is 6.15. The Morgan fingerprint density at radius 3 is 1.52 bits per heavy atom. The van der Waals surface area contributed by atoms with Crippen LogP contribution in [0.4, 0.5) is 0 Å². The Hall–Kier alpha value is -7.62. The summed E-state index contributed by atoms with van der Waals surface area (Å²) in [6.07, 6.45) is 1.01. The summed E-state index contributed by atoms with van der Waals surface area (Å²) in [6, 6.07) is 71.1. The van der Waals surface area contributed by atoms with Gasteiger partial charge in [-0.3, -0.25) is 0 Å². The van der Waals surface area contributed by atoms with Crippen molar-refractivity contribution in [2.24, 2.45) is 0 Å². The molecule has 3 heteroatoms. The molecule has 58 heavy (non-hydrogen) atoms. The number of fused-ring (bicyclic) bond motifs is 12. The second-order valence-electron chi connectivity index (χ2n) is 15.7. The molecule has 0 spiro atoms. The van der Waals surface area contributed by atoms with E-state index in [-0.39, 0.29) is 0 Å². The number of para-hydroxylation sites is 3. The minimum atomic E-state index is 0.914. The molecule has 0 bridgehead atoms. The van der Waals surface area contributed by atoms with Crippen molar-refractivity contribution in [1.29, 1.82) is 0 Å². The van der Waals surface area contributed by atoms with Gasteiger partial charge in [0, 0.05) is 43.7 Å². The third-order valence-electron chi connectivity index (χ3n) is 12.5. The van der Waals surface area contributed by atoms with Gasteiger partial charge in [-0.15, -0.1) is 0 Å². The van der Waals surface area contributed by atoms with Gasteiger partial charge >= 0.3 is 0 Å². The fraction of sp³-hybridized carbons (Fsp3) is 0.0182. The Morgan fingerprint density at radius 1 is 0.310 bits per heavy atom. The quantitative estimate of drug-likeness (QED) is 0.176. The number of furan rings is 1. The van der Waals surface area contributed by atoms with Crippen LogP contribution in [0, 0.1) is 0 Å². The normalized spacial score (nSPS) is 12.4. The first-order chi connectivity index (χ1) is 28.7. The summed E-state index contributed by atoms with van der Waals surface area (Å²) in [5.41, 5.74) is 19.3. The molecule has 0 atom stereocenters. The average molecular weight is 739 g/mol. The summed E-state index contributed by atoms with van der Waals surface area (Å²) in [5, 5.41) is 7.26. The molecule has 3 heterocycles. The van der Waals surface area contributed by atoms with Crippen LogP contribution in [-0.4, -0.2) is 9.13 Å². The molecule has 0 amide bonds. The number of nitrogens with zero attached hydrogens (tertiary/aromatic N) is 2. The maximum absolute atomic E-state index is 6.15. The molecule has 0 saturated carbocycles. The van der Waals surface area contributed by atoms with Crippen LogP contribution >= 0.6 is 0 Å². The third kappa shape index (κ3) is 4.56. The summed E-state index contributed by atoms with van der Waals surface area (Å²) in [4.78, 5) is 0. The zero-order chi connectivity index (χ0) is 37.9. The van der Waals surface area contributed by atoms with E-state index in [9.17, 15) is 0 Å². The van der Waals surface area contributed by atoms with E-state index in [2.05, 4.69) is 191 Å². The van der Waals surface area contributed by atoms with Gasteiger partial charge in [-0.2, -0.15) is 0 Å². The van der Waals surface area contributed by atoms with Gasteiger partial charge in [-0.1, -0.05) is 115 Å². The lowest BCUT2D eigenvalue weighted by Gasteiger charge is -2.13. The standard InChI is InChI=1S/C55H34N2O/c1-2-13-42-38(10-1)28-39-21-20-34(29-46(39)42)35-22-25-52-47(30-35)43-14-3-6-17-50(43)56(52)40-11-9-12-41(33-40)57-51-18-7-4-15-44(51)48-31-36(23-26-53(48)57)37-24-27-55-49(32-37)45-16-5-8-19-54(45)58-55/h1-27,29-33H,28H2. The number of hydrogen-bond acceptors (Lipinski definition) is 1. The van der Waals surface area contributed by atoms with Crippen LogP contribution in [0.3, 0.4) is 0 Å². The fourth-order valence-electron chi connectivity index (χ4n) is 9.84. The summed E-state index contributed by atoms with van der Waals surface area (Å²) in [7, 11) is 0. The van der Waals surface area contributed by atoms with E-state index in [1.165, 1.54) is 88.1 Å². The molecule has 13 rings (SSSR count).